The van der Waals surface area contributed by atoms with E-state index in [1.807, 2.05) is 55.4 Å². The van der Waals surface area contributed by atoms with Crippen molar-refractivity contribution in [3.8, 4) is 11.1 Å². The molecule has 0 fully saturated rings. The molecule has 0 bridgehead atoms. The van der Waals surface area contributed by atoms with E-state index in [4.69, 9.17) is 9.47 Å². The molecule has 1 aromatic heterocycles. The molecule has 35 heavy (non-hydrogen) atoms. The Morgan fingerprint density at radius 2 is 1.66 bits per heavy atom. The Hall–Kier alpha value is -2.88. The molecule has 0 aliphatic carbocycles. The topological polar surface area (TPSA) is 76.1 Å². The predicted octanol–water partition coefficient (Wildman–Crippen LogP) is 5.36. The first-order chi connectivity index (χ1) is 16.4. The Labute approximate surface area is 212 Å². The largest absolute Gasteiger partial charge is 0.465 e. The number of methoxy groups -OCH3 is 2. The molecule has 0 N–H and O–H groups in total. The summed E-state index contributed by atoms with van der Waals surface area (Å²) in [5, 5.41) is 1.66. The number of benzene rings is 2. The summed E-state index contributed by atoms with van der Waals surface area (Å²) in [5.41, 5.74) is 3.41. The zero-order chi connectivity index (χ0) is 26.0. The number of thiophene rings is 1. The van der Waals surface area contributed by atoms with Gasteiger partial charge in [0.15, 0.2) is 0 Å². The summed E-state index contributed by atoms with van der Waals surface area (Å²) in [6.07, 6.45) is 0. The van der Waals surface area contributed by atoms with Gasteiger partial charge in [0.05, 0.1) is 17.7 Å². The lowest BCUT2D eigenvalue weighted by Gasteiger charge is -2.26. The van der Waals surface area contributed by atoms with E-state index in [2.05, 4.69) is 20.8 Å². The van der Waals surface area contributed by atoms with Crippen LogP contribution < -0.4 is 9.21 Å². The minimum Gasteiger partial charge on any atom is -0.465 e. The van der Waals surface area contributed by atoms with Gasteiger partial charge >= 0.3 is 5.97 Å². The lowest BCUT2D eigenvalue weighted by Crippen LogP contribution is -2.34. The van der Waals surface area contributed by atoms with Crippen LogP contribution in [0.5, 0.6) is 0 Å². The Morgan fingerprint density at radius 1 is 1.00 bits per heavy atom. The first kappa shape index (κ1) is 26.7. The lowest BCUT2D eigenvalue weighted by atomic mass is 9.85. The molecule has 0 radical (unpaired) electrons. The summed E-state index contributed by atoms with van der Waals surface area (Å²) in [5.74, 6) is -0.603. The van der Waals surface area contributed by atoms with Crippen LogP contribution in [0.2, 0.25) is 0 Å². The normalized spacial score (nSPS) is 11.9. The number of hydrogen-bond acceptors (Lipinski definition) is 7. The quantitative estimate of drug-likeness (QED) is 0.296. The molecule has 0 unspecified atom stereocenters. The molecule has 0 amide bonds. The number of anilines is 2. The fourth-order valence-corrected chi connectivity index (χ4v) is 6.09. The monoisotopic (exact) mass is 516 g/mol. The average Bonchev–Trinajstić information content (AvgIpc) is 3.30. The molecule has 0 atom stereocenters. The first-order valence-corrected chi connectivity index (χ1v) is 13.3. The molecule has 9 heteroatoms. The Balaban J connectivity index is 2.24. The molecule has 0 aliphatic rings. The van der Waals surface area contributed by atoms with Crippen LogP contribution >= 0.6 is 11.3 Å². The Bertz CT molecular complexity index is 1290. The highest BCUT2D eigenvalue weighted by atomic mass is 32.2. The maximum absolute atomic E-state index is 14.1. The average molecular weight is 517 g/mol. The molecular formula is C26H32N2O5S2. The van der Waals surface area contributed by atoms with Crippen LogP contribution in [0.1, 0.15) is 36.0 Å². The number of carbonyl (C=O) groups excluding carboxylic acids is 1. The summed E-state index contributed by atoms with van der Waals surface area (Å²) in [4.78, 5) is 14.6. The van der Waals surface area contributed by atoms with E-state index in [1.54, 1.807) is 17.5 Å². The van der Waals surface area contributed by atoms with E-state index < -0.39 is 16.0 Å². The van der Waals surface area contributed by atoms with Crippen molar-refractivity contribution in [3.63, 3.8) is 0 Å². The highest BCUT2D eigenvalue weighted by Gasteiger charge is 2.32. The number of carbonyl (C=O) groups is 1. The Morgan fingerprint density at radius 3 is 2.20 bits per heavy atom. The Kier molecular flexibility index (Phi) is 7.93. The highest BCUT2D eigenvalue weighted by Crippen LogP contribution is 2.38. The SMILES string of the molecule is COCN(c1ccsc1C(=O)OC)S(=O)(=O)c1ccc(C(C)(C)C)cc1-c1ccc(N(C)C)cc1. The molecule has 1 heterocycles. The second kappa shape index (κ2) is 10.4. The van der Waals surface area contributed by atoms with Crippen molar-refractivity contribution in [3.05, 3.63) is 64.4 Å². The van der Waals surface area contributed by atoms with Gasteiger partial charge in [0.1, 0.15) is 11.6 Å². The number of nitrogens with zero attached hydrogens (tertiary/aromatic N) is 2. The van der Waals surface area contributed by atoms with Gasteiger partial charge in [0, 0.05) is 32.5 Å². The van der Waals surface area contributed by atoms with Crippen LogP contribution in [0.4, 0.5) is 11.4 Å². The maximum atomic E-state index is 14.1. The standard InChI is InChI=1S/C26H32N2O5S2/c1-26(2,3)19-10-13-23(21(16-19)18-8-11-20(12-9-18)27(4)5)35(30,31)28(17-32-6)22-14-15-34-24(22)25(29)33-7/h8-16H,17H2,1-7H3. The summed E-state index contributed by atoms with van der Waals surface area (Å²) in [7, 11) is 2.46. The summed E-state index contributed by atoms with van der Waals surface area (Å²) < 4.78 is 39.4. The van der Waals surface area contributed by atoms with Gasteiger partial charge in [0.2, 0.25) is 0 Å². The van der Waals surface area contributed by atoms with Gasteiger partial charge in [-0.2, -0.15) is 0 Å². The zero-order valence-corrected chi connectivity index (χ0v) is 22.8. The number of esters is 1. The third-order valence-electron chi connectivity index (χ3n) is 5.64. The van der Waals surface area contributed by atoms with Gasteiger partial charge in [-0.3, -0.25) is 0 Å². The number of hydrogen-bond donors (Lipinski definition) is 0. The van der Waals surface area contributed by atoms with Crippen LogP contribution in [0.3, 0.4) is 0 Å². The minimum absolute atomic E-state index is 0.127. The molecule has 3 rings (SSSR count). The van der Waals surface area contributed by atoms with E-state index in [1.165, 1.54) is 14.2 Å². The van der Waals surface area contributed by atoms with E-state index in [0.717, 1.165) is 32.5 Å². The van der Waals surface area contributed by atoms with Crippen molar-refractivity contribution in [2.45, 2.75) is 31.1 Å². The van der Waals surface area contributed by atoms with Crippen LogP contribution in [-0.2, 0) is 24.9 Å². The fraction of sp³-hybridized carbons (Fsp3) is 0.346. The third-order valence-corrected chi connectivity index (χ3v) is 8.32. The maximum Gasteiger partial charge on any atom is 0.350 e. The molecule has 0 spiro atoms. The summed E-state index contributed by atoms with van der Waals surface area (Å²) in [6, 6.07) is 14.7. The summed E-state index contributed by atoms with van der Waals surface area (Å²) >= 11 is 1.12. The molecule has 0 aliphatic heterocycles. The van der Waals surface area contributed by atoms with Gasteiger partial charge in [0.25, 0.3) is 10.0 Å². The van der Waals surface area contributed by atoms with E-state index in [9.17, 15) is 13.2 Å². The van der Waals surface area contributed by atoms with Crippen molar-refractivity contribution < 1.29 is 22.7 Å². The molecular weight excluding hydrogens is 484 g/mol. The highest BCUT2D eigenvalue weighted by molar-refractivity contribution is 7.93. The zero-order valence-electron chi connectivity index (χ0n) is 21.2. The minimum atomic E-state index is -4.12. The van der Waals surface area contributed by atoms with Crippen molar-refractivity contribution >= 4 is 38.7 Å². The number of ether oxygens (including phenoxy) is 2. The first-order valence-electron chi connectivity index (χ1n) is 11.0. The predicted molar refractivity (Wildman–Crippen MR) is 142 cm³/mol. The van der Waals surface area contributed by atoms with E-state index in [-0.39, 0.29) is 27.6 Å². The fourth-order valence-electron chi connectivity index (χ4n) is 3.63. The smallest absolute Gasteiger partial charge is 0.350 e. The molecule has 188 valence electrons. The van der Waals surface area contributed by atoms with Crippen LogP contribution in [0, 0.1) is 0 Å². The van der Waals surface area contributed by atoms with Gasteiger partial charge in [-0.25, -0.2) is 17.5 Å². The second-order valence-corrected chi connectivity index (χ2v) is 12.0. The van der Waals surface area contributed by atoms with Crippen molar-refractivity contribution in [2.24, 2.45) is 0 Å². The number of rotatable bonds is 8. The molecule has 3 aromatic rings. The molecule has 0 saturated heterocycles. The second-order valence-electron chi connectivity index (χ2n) is 9.30. The van der Waals surface area contributed by atoms with Crippen molar-refractivity contribution in [1.29, 1.82) is 0 Å². The van der Waals surface area contributed by atoms with Gasteiger partial charge in [-0.05, 0) is 52.3 Å². The third kappa shape index (κ3) is 5.52. The summed E-state index contributed by atoms with van der Waals surface area (Å²) in [6.45, 7) is 5.99. The van der Waals surface area contributed by atoms with Gasteiger partial charge in [-0.1, -0.05) is 39.0 Å². The van der Waals surface area contributed by atoms with E-state index in [0.29, 0.717) is 5.56 Å². The van der Waals surface area contributed by atoms with Crippen LogP contribution in [0.15, 0.2) is 58.8 Å². The number of sulfonamides is 1. The molecule has 7 nitrogen and oxygen atoms in total. The van der Waals surface area contributed by atoms with Crippen molar-refractivity contribution in [2.75, 3.05) is 44.3 Å². The van der Waals surface area contributed by atoms with Crippen LogP contribution in [-0.4, -0.2) is 49.4 Å². The lowest BCUT2D eigenvalue weighted by molar-refractivity contribution is 0.0607. The van der Waals surface area contributed by atoms with Gasteiger partial charge < -0.3 is 14.4 Å². The van der Waals surface area contributed by atoms with Crippen LogP contribution in [0.25, 0.3) is 11.1 Å². The van der Waals surface area contributed by atoms with E-state index >= 15 is 0 Å². The molecule has 2 aromatic carbocycles. The molecule has 0 saturated carbocycles. The van der Waals surface area contributed by atoms with Crippen molar-refractivity contribution in [1.82, 2.24) is 0 Å². The van der Waals surface area contributed by atoms with Gasteiger partial charge in [-0.15, -0.1) is 11.3 Å².